The minimum atomic E-state index is 0. The Morgan fingerprint density at radius 1 is 1.31 bits per heavy atom. The fourth-order valence-electron chi connectivity index (χ4n) is 0.879. The van der Waals surface area contributed by atoms with Gasteiger partial charge in [-0.25, -0.2) is 0 Å². The van der Waals surface area contributed by atoms with Gasteiger partial charge in [-0.2, -0.15) is 0 Å². The van der Waals surface area contributed by atoms with Gasteiger partial charge >= 0.3 is 0 Å². The van der Waals surface area contributed by atoms with Crippen molar-refractivity contribution in [1.82, 2.24) is 11.1 Å². The van der Waals surface area contributed by atoms with Crippen molar-refractivity contribution in [2.75, 3.05) is 0 Å². The summed E-state index contributed by atoms with van der Waals surface area (Å²) in [5, 5.41) is 0. The van der Waals surface area contributed by atoms with Crippen LogP contribution in [-0.2, 0) is 5.41 Å². The maximum Gasteiger partial charge on any atom is 0.0305 e. The van der Waals surface area contributed by atoms with E-state index >= 15 is 0 Å². The Bertz CT molecular complexity index is 369. The zero-order valence-corrected chi connectivity index (χ0v) is 10.5. The molecular formula is C14H20N2. The second-order valence-corrected chi connectivity index (χ2v) is 4.01. The molecule has 0 unspecified atom stereocenters. The third-order valence-electron chi connectivity index (χ3n) is 1.72. The van der Waals surface area contributed by atoms with Crippen LogP contribution in [0.5, 0.6) is 0 Å². The Morgan fingerprint density at radius 3 is 2.12 bits per heavy atom. The van der Waals surface area contributed by atoms with Crippen LogP contribution in [0.25, 0.3) is 0 Å². The van der Waals surface area contributed by atoms with Crippen molar-refractivity contribution < 1.29 is 0 Å². The van der Waals surface area contributed by atoms with Crippen molar-refractivity contribution in [2.24, 2.45) is 0 Å². The SMILES string of the molecule is C#CC#CC.CC(C)(C)c1cccnc1.N. The molecule has 0 atom stereocenters. The van der Waals surface area contributed by atoms with Gasteiger partial charge in [-0.15, -0.1) is 6.42 Å². The van der Waals surface area contributed by atoms with Gasteiger partial charge in [0.2, 0.25) is 0 Å². The minimum absolute atomic E-state index is 0. The molecule has 1 aromatic heterocycles. The second kappa shape index (κ2) is 8.53. The van der Waals surface area contributed by atoms with Crippen LogP contribution in [0.15, 0.2) is 24.5 Å². The highest BCUT2D eigenvalue weighted by molar-refractivity contribution is 5.20. The Labute approximate surface area is 99.1 Å². The molecule has 3 N–H and O–H groups in total. The molecule has 0 aliphatic rings. The lowest BCUT2D eigenvalue weighted by Gasteiger charge is -2.17. The molecular weight excluding hydrogens is 196 g/mol. The van der Waals surface area contributed by atoms with Crippen LogP contribution in [0.4, 0.5) is 0 Å². The molecule has 0 fully saturated rings. The summed E-state index contributed by atoms with van der Waals surface area (Å²) >= 11 is 0. The number of aromatic nitrogens is 1. The first-order valence-electron chi connectivity index (χ1n) is 4.80. The van der Waals surface area contributed by atoms with Gasteiger partial charge in [0.1, 0.15) is 0 Å². The molecule has 1 rings (SSSR count). The molecule has 0 aliphatic carbocycles. The highest BCUT2D eigenvalue weighted by atomic mass is 14.6. The number of nitrogens with zero attached hydrogens (tertiary/aromatic N) is 1. The summed E-state index contributed by atoms with van der Waals surface area (Å²) < 4.78 is 0. The first-order chi connectivity index (χ1) is 7.02. The molecule has 0 spiro atoms. The number of hydrogen-bond acceptors (Lipinski definition) is 2. The van der Waals surface area contributed by atoms with E-state index in [9.17, 15) is 0 Å². The topological polar surface area (TPSA) is 47.9 Å². The van der Waals surface area contributed by atoms with E-state index in [0.29, 0.717) is 0 Å². The minimum Gasteiger partial charge on any atom is -0.344 e. The molecule has 0 saturated carbocycles. The monoisotopic (exact) mass is 216 g/mol. The van der Waals surface area contributed by atoms with Crippen LogP contribution in [-0.4, -0.2) is 4.98 Å². The summed E-state index contributed by atoms with van der Waals surface area (Å²) in [4.78, 5) is 4.05. The van der Waals surface area contributed by atoms with Crippen LogP contribution in [0, 0.1) is 24.2 Å². The summed E-state index contributed by atoms with van der Waals surface area (Å²) in [7, 11) is 0. The third kappa shape index (κ3) is 7.62. The largest absolute Gasteiger partial charge is 0.344 e. The molecule has 0 radical (unpaired) electrons. The van der Waals surface area contributed by atoms with E-state index in [4.69, 9.17) is 6.42 Å². The summed E-state index contributed by atoms with van der Waals surface area (Å²) in [5.41, 5.74) is 1.52. The Kier molecular flexibility index (Phi) is 8.88. The second-order valence-electron chi connectivity index (χ2n) is 4.01. The van der Waals surface area contributed by atoms with E-state index in [1.807, 2.05) is 12.3 Å². The average Bonchev–Trinajstić information content (AvgIpc) is 2.20. The summed E-state index contributed by atoms with van der Waals surface area (Å²) in [6.45, 7) is 8.26. The summed E-state index contributed by atoms with van der Waals surface area (Å²) in [6, 6.07) is 4.08. The van der Waals surface area contributed by atoms with E-state index in [1.54, 1.807) is 13.1 Å². The Balaban J connectivity index is 0. The van der Waals surface area contributed by atoms with Gasteiger partial charge in [-0.1, -0.05) is 32.8 Å². The molecule has 2 nitrogen and oxygen atoms in total. The van der Waals surface area contributed by atoms with Gasteiger partial charge in [0.25, 0.3) is 0 Å². The number of terminal acetylenes is 1. The maximum atomic E-state index is 4.72. The first kappa shape index (κ1) is 16.7. The van der Waals surface area contributed by atoms with Crippen LogP contribution >= 0.6 is 0 Å². The van der Waals surface area contributed by atoms with Gasteiger partial charge in [-0.05, 0) is 35.8 Å². The molecule has 0 aromatic carbocycles. The van der Waals surface area contributed by atoms with Gasteiger partial charge in [0, 0.05) is 12.4 Å². The van der Waals surface area contributed by atoms with Gasteiger partial charge in [0.05, 0.1) is 0 Å². The molecule has 0 aliphatic heterocycles. The van der Waals surface area contributed by atoms with Gasteiger partial charge < -0.3 is 6.15 Å². The van der Waals surface area contributed by atoms with Crippen molar-refractivity contribution in [2.45, 2.75) is 33.1 Å². The predicted octanol–water partition coefficient (Wildman–Crippen LogP) is 3.18. The maximum absolute atomic E-state index is 4.72. The van der Waals surface area contributed by atoms with Crippen LogP contribution in [0.3, 0.4) is 0 Å². The molecule has 16 heavy (non-hydrogen) atoms. The molecule has 0 bridgehead atoms. The molecule has 0 saturated heterocycles. The standard InChI is InChI=1S/C9H13N.C5H4.H3N/c1-9(2,3)8-5-4-6-10-7-8;1-3-5-4-2;/h4-7H,1-3H3;1H,2H3;1H3. The van der Waals surface area contributed by atoms with Crippen molar-refractivity contribution in [3.63, 3.8) is 0 Å². The lowest BCUT2D eigenvalue weighted by Crippen LogP contribution is -2.10. The predicted molar refractivity (Wildman–Crippen MR) is 70.2 cm³/mol. The lowest BCUT2D eigenvalue weighted by atomic mass is 9.88. The number of hydrogen-bond donors (Lipinski definition) is 1. The fourth-order valence-corrected chi connectivity index (χ4v) is 0.879. The van der Waals surface area contributed by atoms with Crippen LogP contribution in [0.1, 0.15) is 33.3 Å². The van der Waals surface area contributed by atoms with Crippen molar-refractivity contribution in [1.29, 1.82) is 0 Å². The zero-order chi connectivity index (χ0) is 11.7. The van der Waals surface area contributed by atoms with Gasteiger partial charge in [0.15, 0.2) is 0 Å². The first-order valence-corrected chi connectivity index (χ1v) is 4.80. The number of pyridine rings is 1. The summed E-state index contributed by atoms with van der Waals surface area (Å²) in [6.07, 6.45) is 8.43. The van der Waals surface area contributed by atoms with E-state index in [2.05, 4.69) is 49.6 Å². The van der Waals surface area contributed by atoms with Crippen LogP contribution in [0.2, 0.25) is 0 Å². The van der Waals surface area contributed by atoms with Crippen molar-refractivity contribution >= 4 is 0 Å². The normalized spacial score (nSPS) is 8.19. The molecule has 0 amide bonds. The Morgan fingerprint density at radius 2 is 1.94 bits per heavy atom. The molecule has 1 aromatic rings. The smallest absolute Gasteiger partial charge is 0.0305 e. The fraction of sp³-hybridized carbons (Fsp3) is 0.357. The molecule has 2 heteroatoms. The quantitative estimate of drug-likeness (QED) is 0.677. The summed E-state index contributed by atoms with van der Waals surface area (Å²) in [5.74, 6) is 7.08. The Hall–Kier alpha value is -1.77. The van der Waals surface area contributed by atoms with Gasteiger partial charge in [-0.3, -0.25) is 4.98 Å². The lowest BCUT2D eigenvalue weighted by molar-refractivity contribution is 0.587. The van der Waals surface area contributed by atoms with E-state index in [-0.39, 0.29) is 11.6 Å². The van der Waals surface area contributed by atoms with E-state index in [0.717, 1.165) is 0 Å². The highest BCUT2D eigenvalue weighted by Crippen LogP contribution is 2.19. The average molecular weight is 216 g/mol. The van der Waals surface area contributed by atoms with E-state index < -0.39 is 0 Å². The van der Waals surface area contributed by atoms with Crippen molar-refractivity contribution in [3.05, 3.63) is 30.1 Å². The number of rotatable bonds is 0. The molecule has 86 valence electrons. The highest BCUT2D eigenvalue weighted by Gasteiger charge is 2.11. The zero-order valence-electron chi connectivity index (χ0n) is 10.5. The van der Waals surface area contributed by atoms with Crippen molar-refractivity contribution in [3.8, 4) is 24.2 Å². The van der Waals surface area contributed by atoms with Crippen LogP contribution < -0.4 is 6.15 Å². The third-order valence-corrected chi connectivity index (χ3v) is 1.72. The van der Waals surface area contributed by atoms with E-state index in [1.165, 1.54) is 5.56 Å². The molecule has 1 heterocycles.